The first-order chi connectivity index (χ1) is 17.4. The number of anilines is 3. The van der Waals surface area contributed by atoms with Crippen LogP contribution in [0, 0.1) is 41.5 Å². The maximum Gasteiger partial charge on any atom is 0.164 e. The fraction of sp³-hybridized carbons (Fsp3) is 0.419. The average Bonchev–Trinajstić information content (AvgIpc) is 2.86. The van der Waals surface area contributed by atoms with E-state index < -0.39 is 29.9 Å². The zero-order chi connectivity index (χ0) is 28.4. The summed E-state index contributed by atoms with van der Waals surface area (Å²) in [4.78, 5) is 4.30. The molecule has 1 aliphatic rings. The summed E-state index contributed by atoms with van der Waals surface area (Å²) in [5, 5.41) is 0. The molecule has 38 heavy (non-hydrogen) atoms. The normalized spacial score (nSPS) is 18.1. The first-order valence-corrected chi connectivity index (χ1v) is 28.4. The van der Waals surface area contributed by atoms with Gasteiger partial charge in [-0.2, -0.15) is 0 Å². The summed E-state index contributed by atoms with van der Waals surface area (Å²) in [5.74, 6) is 0. The van der Waals surface area contributed by atoms with Crippen LogP contribution >= 0.6 is 0 Å². The number of benzene rings is 3. The molecular formula is C31H49N3Si4. The van der Waals surface area contributed by atoms with Gasteiger partial charge in [0.1, 0.15) is 14.4 Å². The fourth-order valence-electron chi connectivity index (χ4n) is 7.76. The maximum absolute atomic E-state index is 4.30. The van der Waals surface area contributed by atoms with E-state index in [2.05, 4.69) is 156 Å². The third kappa shape index (κ3) is 4.55. The third-order valence-corrected chi connectivity index (χ3v) is 78.2. The first kappa shape index (κ1) is 28.9. The summed E-state index contributed by atoms with van der Waals surface area (Å²) < 4.78 is 5.77. The van der Waals surface area contributed by atoms with Crippen LogP contribution in [0.3, 0.4) is 0 Å². The van der Waals surface area contributed by atoms with E-state index in [1.54, 1.807) is 0 Å². The highest BCUT2D eigenvalue weighted by Crippen LogP contribution is 2.50. The van der Waals surface area contributed by atoms with Gasteiger partial charge in [-0.3, -0.25) is 0 Å². The van der Waals surface area contributed by atoms with E-state index in [1.807, 2.05) is 0 Å². The van der Waals surface area contributed by atoms with Gasteiger partial charge >= 0.3 is 0 Å². The summed E-state index contributed by atoms with van der Waals surface area (Å²) >= 11 is 0. The molecule has 0 bridgehead atoms. The predicted octanol–water partition coefficient (Wildman–Crippen LogP) is 8.82. The fourth-order valence-corrected chi connectivity index (χ4v) is 83.9. The molecule has 1 aliphatic heterocycles. The molecule has 7 heteroatoms. The summed E-state index contributed by atoms with van der Waals surface area (Å²) in [6.45, 7) is 30.5. The van der Waals surface area contributed by atoms with Crippen LogP contribution in [0.2, 0.25) is 45.8 Å². The number of rotatable bonds is 5. The maximum atomic E-state index is 4.30. The van der Waals surface area contributed by atoms with Gasteiger partial charge in [-0.15, -0.1) is 0 Å². The molecule has 0 aromatic heterocycles. The second-order valence-electron chi connectivity index (χ2n) is 13.7. The number of aryl methyl sites for hydroxylation is 6. The molecule has 0 saturated carbocycles. The molecule has 0 radical (unpaired) electrons. The SMILES string of the molecule is Cc1cc(C)cc(N[Si](C)(C)[Si]2(C)[Si](C)(C)N(c3cc(C)cc(C)c3)N(c3cc(C)cc(C)c3)[Si]2(C)C)c1. The Kier molecular flexibility index (Phi) is 7.26. The summed E-state index contributed by atoms with van der Waals surface area (Å²) in [6.07, 6.45) is 0. The van der Waals surface area contributed by atoms with Gasteiger partial charge in [0.2, 0.25) is 0 Å². The van der Waals surface area contributed by atoms with Gasteiger partial charge in [0.25, 0.3) is 0 Å². The summed E-state index contributed by atoms with van der Waals surface area (Å²) in [6, 6.07) is 21.4. The highest BCUT2D eigenvalue weighted by Gasteiger charge is 2.75. The highest BCUT2D eigenvalue weighted by molar-refractivity contribution is 7.92. The predicted molar refractivity (Wildman–Crippen MR) is 180 cm³/mol. The number of nitrogens with one attached hydrogen (secondary N) is 1. The lowest BCUT2D eigenvalue weighted by molar-refractivity contribution is 1.08. The van der Waals surface area contributed by atoms with Crippen LogP contribution < -0.4 is 14.3 Å². The molecule has 3 aromatic rings. The van der Waals surface area contributed by atoms with Gasteiger partial charge in [-0.25, -0.2) is 0 Å². The van der Waals surface area contributed by atoms with Crippen LogP contribution in [0.4, 0.5) is 17.1 Å². The van der Waals surface area contributed by atoms with Crippen molar-refractivity contribution in [2.24, 2.45) is 0 Å². The van der Waals surface area contributed by atoms with E-state index in [0.29, 0.717) is 0 Å². The second kappa shape index (κ2) is 9.54. The Balaban J connectivity index is 1.99. The molecule has 1 saturated heterocycles. The van der Waals surface area contributed by atoms with Gasteiger partial charge in [-0.05, 0) is 111 Å². The molecule has 0 unspecified atom stereocenters. The molecule has 0 spiro atoms. The number of hydrogen-bond donors (Lipinski definition) is 1. The molecule has 4 rings (SSSR count). The first-order valence-electron chi connectivity index (χ1n) is 14.0. The molecule has 3 nitrogen and oxygen atoms in total. The van der Waals surface area contributed by atoms with Crippen LogP contribution in [0.25, 0.3) is 0 Å². The zero-order valence-corrected chi connectivity index (χ0v) is 30.1. The lowest BCUT2D eigenvalue weighted by atomic mass is 10.1. The standard InChI is InChI=1S/C31H49N3Si4/c1-23-14-24(2)18-29(17-23)32-35(7,8)38(13)36(9,10)33(30-19-25(3)15-26(4)20-30)34(37(38,11)12)31-21-27(5)16-28(6)22-31/h14-22,32H,1-13H3. The smallest absolute Gasteiger partial charge is 0.164 e. The van der Waals surface area contributed by atoms with Crippen LogP contribution in [0.15, 0.2) is 54.6 Å². The van der Waals surface area contributed by atoms with Crippen LogP contribution in [-0.4, -0.2) is 29.9 Å². The summed E-state index contributed by atoms with van der Waals surface area (Å²) in [7, 11) is -5.89. The molecular weight excluding hydrogens is 527 g/mol. The quantitative estimate of drug-likeness (QED) is 0.307. The summed E-state index contributed by atoms with van der Waals surface area (Å²) in [5.41, 5.74) is 12.2. The van der Waals surface area contributed by atoms with Crippen molar-refractivity contribution in [3.63, 3.8) is 0 Å². The van der Waals surface area contributed by atoms with Crippen molar-refractivity contribution in [2.75, 3.05) is 14.3 Å². The monoisotopic (exact) mass is 575 g/mol. The second-order valence-corrected chi connectivity index (χ2v) is 51.1. The minimum atomic E-state index is -1.98. The topological polar surface area (TPSA) is 18.5 Å². The Morgan fingerprint density at radius 1 is 0.500 bits per heavy atom. The van der Waals surface area contributed by atoms with Crippen molar-refractivity contribution in [2.45, 2.75) is 87.4 Å². The van der Waals surface area contributed by atoms with Crippen molar-refractivity contribution >= 4 is 46.9 Å². The van der Waals surface area contributed by atoms with E-state index in [1.165, 1.54) is 50.4 Å². The van der Waals surface area contributed by atoms with Crippen molar-refractivity contribution in [1.82, 2.24) is 0 Å². The number of hydrogen-bond acceptors (Lipinski definition) is 3. The molecule has 1 N–H and O–H groups in total. The number of hydrazine groups is 1. The van der Waals surface area contributed by atoms with E-state index in [9.17, 15) is 0 Å². The molecule has 1 fully saturated rings. The molecule has 1 heterocycles. The van der Waals surface area contributed by atoms with Crippen LogP contribution in [0.5, 0.6) is 0 Å². The van der Waals surface area contributed by atoms with Crippen LogP contribution in [-0.2, 0) is 0 Å². The van der Waals surface area contributed by atoms with Gasteiger partial charge in [-0.1, -0.05) is 64.0 Å². The Morgan fingerprint density at radius 2 is 0.789 bits per heavy atom. The Morgan fingerprint density at radius 3 is 1.11 bits per heavy atom. The average molecular weight is 576 g/mol. The van der Waals surface area contributed by atoms with E-state index >= 15 is 0 Å². The van der Waals surface area contributed by atoms with Gasteiger partial charge < -0.3 is 14.3 Å². The van der Waals surface area contributed by atoms with E-state index in [0.717, 1.165) is 0 Å². The van der Waals surface area contributed by atoms with Gasteiger partial charge in [0.05, 0.1) is 0 Å². The largest absolute Gasteiger partial charge is 0.413 e. The van der Waals surface area contributed by atoms with Crippen LogP contribution in [0.1, 0.15) is 33.4 Å². The third-order valence-electron chi connectivity index (χ3n) is 9.54. The Labute approximate surface area is 235 Å². The van der Waals surface area contributed by atoms with Crippen molar-refractivity contribution in [3.8, 4) is 0 Å². The van der Waals surface area contributed by atoms with Gasteiger partial charge in [0.15, 0.2) is 15.5 Å². The van der Waals surface area contributed by atoms with E-state index in [4.69, 9.17) is 0 Å². The molecule has 0 amide bonds. The minimum Gasteiger partial charge on any atom is -0.413 e. The molecule has 3 aromatic carbocycles. The highest BCUT2D eigenvalue weighted by atomic mass is 29.9. The lowest BCUT2D eigenvalue weighted by Crippen LogP contribution is -2.84. The Bertz CT molecular complexity index is 1250. The molecule has 204 valence electrons. The van der Waals surface area contributed by atoms with Gasteiger partial charge in [0, 0.05) is 17.1 Å². The minimum absolute atomic E-state index is 1.32. The van der Waals surface area contributed by atoms with E-state index in [-0.39, 0.29) is 0 Å². The zero-order valence-electron chi connectivity index (χ0n) is 26.1. The Hall–Kier alpha value is -2.07. The molecule has 0 aliphatic carbocycles. The lowest BCUT2D eigenvalue weighted by Gasteiger charge is -2.50. The molecule has 0 atom stereocenters. The van der Waals surface area contributed by atoms with Crippen molar-refractivity contribution in [3.05, 3.63) is 88.0 Å². The van der Waals surface area contributed by atoms with Crippen molar-refractivity contribution in [1.29, 1.82) is 0 Å². The van der Waals surface area contributed by atoms with Crippen molar-refractivity contribution < 1.29 is 0 Å². The number of nitrogens with zero attached hydrogens (tertiary/aromatic N) is 2.